The number of ketones is 1. The summed E-state index contributed by atoms with van der Waals surface area (Å²) < 4.78 is 0. The van der Waals surface area contributed by atoms with Crippen LogP contribution in [0.5, 0.6) is 0 Å². The molecule has 1 heterocycles. The lowest BCUT2D eigenvalue weighted by molar-refractivity contribution is -0.120. The molecule has 0 amide bonds. The molecule has 106 valence electrons. The molecule has 1 aliphatic rings. The molecule has 0 aliphatic heterocycles. The highest BCUT2D eigenvalue weighted by Crippen LogP contribution is 2.50. The first-order valence-corrected chi connectivity index (χ1v) is 7.96. The van der Waals surface area contributed by atoms with Crippen LogP contribution < -0.4 is 0 Å². The van der Waals surface area contributed by atoms with Crippen LogP contribution in [-0.4, -0.2) is 10.8 Å². The Bertz CT molecular complexity index is 734. The van der Waals surface area contributed by atoms with E-state index in [-0.39, 0.29) is 17.6 Å². The molecule has 2 aromatic rings. The van der Waals surface area contributed by atoms with Crippen LogP contribution in [0.2, 0.25) is 5.02 Å². The standard InChI is InChI=1S/C16H13ClN2OS/c1-9-8-21-16(19-9)14(7-18)15(20)13-6-12(13)10-3-2-4-11(17)5-10/h2-5,8,12-14H,6H2,1H3. The van der Waals surface area contributed by atoms with Crippen molar-refractivity contribution in [1.29, 1.82) is 5.26 Å². The van der Waals surface area contributed by atoms with E-state index in [4.69, 9.17) is 11.6 Å². The van der Waals surface area contributed by atoms with E-state index in [1.165, 1.54) is 11.3 Å². The van der Waals surface area contributed by atoms with Crippen molar-refractivity contribution in [2.45, 2.75) is 25.2 Å². The van der Waals surface area contributed by atoms with E-state index in [1.807, 2.05) is 36.6 Å². The summed E-state index contributed by atoms with van der Waals surface area (Å²) >= 11 is 7.37. The summed E-state index contributed by atoms with van der Waals surface area (Å²) in [7, 11) is 0. The zero-order valence-corrected chi connectivity index (χ0v) is 13.0. The second kappa shape index (κ2) is 5.59. The largest absolute Gasteiger partial charge is 0.297 e. The minimum Gasteiger partial charge on any atom is -0.297 e. The molecule has 1 aromatic heterocycles. The number of carbonyl (C=O) groups excluding carboxylic acids is 1. The van der Waals surface area contributed by atoms with Crippen LogP contribution in [0.3, 0.4) is 0 Å². The van der Waals surface area contributed by atoms with Gasteiger partial charge in [0.1, 0.15) is 5.01 Å². The highest BCUT2D eigenvalue weighted by Gasteiger charge is 2.47. The van der Waals surface area contributed by atoms with Gasteiger partial charge in [-0.05, 0) is 37.0 Å². The summed E-state index contributed by atoms with van der Waals surface area (Å²) in [4.78, 5) is 16.8. The van der Waals surface area contributed by atoms with E-state index in [0.29, 0.717) is 10.0 Å². The highest BCUT2D eigenvalue weighted by atomic mass is 35.5. The number of thiazole rings is 1. The predicted octanol–water partition coefficient (Wildman–Crippen LogP) is 4.08. The number of nitrogens with zero attached hydrogens (tertiary/aromatic N) is 2. The summed E-state index contributed by atoms with van der Waals surface area (Å²) in [5.41, 5.74) is 1.93. The first kappa shape index (κ1) is 14.2. The highest BCUT2D eigenvalue weighted by molar-refractivity contribution is 7.09. The maximum Gasteiger partial charge on any atom is 0.160 e. The Morgan fingerprint density at radius 3 is 3.00 bits per heavy atom. The van der Waals surface area contributed by atoms with Gasteiger partial charge >= 0.3 is 0 Å². The van der Waals surface area contributed by atoms with E-state index in [0.717, 1.165) is 17.7 Å². The molecule has 0 radical (unpaired) electrons. The lowest BCUT2D eigenvalue weighted by atomic mass is 9.99. The lowest BCUT2D eigenvalue weighted by Gasteiger charge is -2.05. The first-order valence-electron chi connectivity index (χ1n) is 6.71. The number of aryl methyl sites for hydroxylation is 1. The van der Waals surface area contributed by atoms with Gasteiger partial charge in [0.15, 0.2) is 11.7 Å². The fraction of sp³-hybridized carbons (Fsp3) is 0.312. The number of halogens is 1. The number of benzene rings is 1. The van der Waals surface area contributed by atoms with Crippen molar-refractivity contribution in [2.75, 3.05) is 0 Å². The van der Waals surface area contributed by atoms with Crippen LogP contribution in [0.1, 0.15) is 34.5 Å². The van der Waals surface area contributed by atoms with Crippen LogP contribution in [0.15, 0.2) is 29.6 Å². The zero-order valence-electron chi connectivity index (χ0n) is 11.4. The molecule has 0 saturated heterocycles. The molecule has 0 N–H and O–H groups in total. The lowest BCUT2D eigenvalue weighted by Crippen LogP contribution is -2.13. The van der Waals surface area contributed by atoms with Gasteiger partial charge in [-0.2, -0.15) is 5.26 Å². The Morgan fingerprint density at radius 2 is 2.38 bits per heavy atom. The maximum atomic E-state index is 12.5. The molecule has 3 rings (SSSR count). The van der Waals surface area contributed by atoms with Gasteiger partial charge in [0, 0.05) is 22.0 Å². The SMILES string of the molecule is Cc1csc(C(C#N)C(=O)C2CC2c2cccc(Cl)c2)n1. The second-order valence-corrected chi connectivity index (χ2v) is 6.62. The Morgan fingerprint density at radius 1 is 1.57 bits per heavy atom. The Kier molecular flexibility index (Phi) is 3.79. The fourth-order valence-corrected chi connectivity index (χ4v) is 3.62. The molecule has 21 heavy (non-hydrogen) atoms. The number of nitriles is 1. The second-order valence-electron chi connectivity index (χ2n) is 5.30. The molecule has 1 aliphatic carbocycles. The third kappa shape index (κ3) is 2.85. The van der Waals surface area contributed by atoms with Crippen LogP contribution in [0.25, 0.3) is 0 Å². The fourth-order valence-electron chi connectivity index (χ4n) is 2.57. The van der Waals surface area contributed by atoms with Crippen molar-refractivity contribution in [3.8, 4) is 6.07 Å². The third-order valence-electron chi connectivity index (χ3n) is 3.73. The molecule has 0 bridgehead atoms. The molecular formula is C16H13ClN2OS. The summed E-state index contributed by atoms with van der Waals surface area (Å²) in [6.07, 6.45) is 0.793. The van der Waals surface area contributed by atoms with Gasteiger partial charge in [-0.15, -0.1) is 11.3 Å². The van der Waals surface area contributed by atoms with Gasteiger partial charge in [-0.3, -0.25) is 4.79 Å². The number of hydrogen-bond acceptors (Lipinski definition) is 4. The molecule has 3 atom stereocenters. The molecule has 1 saturated carbocycles. The quantitative estimate of drug-likeness (QED) is 0.853. The number of carbonyl (C=O) groups is 1. The Labute approximate surface area is 132 Å². The molecule has 3 nitrogen and oxygen atoms in total. The van der Waals surface area contributed by atoms with Gasteiger partial charge in [0.25, 0.3) is 0 Å². The van der Waals surface area contributed by atoms with Crippen molar-refractivity contribution in [3.63, 3.8) is 0 Å². The van der Waals surface area contributed by atoms with Crippen LogP contribution in [0, 0.1) is 24.2 Å². The predicted molar refractivity (Wildman–Crippen MR) is 82.5 cm³/mol. The van der Waals surface area contributed by atoms with Crippen molar-refractivity contribution in [2.24, 2.45) is 5.92 Å². The van der Waals surface area contributed by atoms with Crippen molar-refractivity contribution in [3.05, 3.63) is 50.9 Å². The molecule has 1 aromatic carbocycles. The number of rotatable bonds is 4. The van der Waals surface area contributed by atoms with Crippen LogP contribution >= 0.6 is 22.9 Å². The third-order valence-corrected chi connectivity index (χ3v) is 4.99. The molecule has 0 spiro atoms. The van der Waals surface area contributed by atoms with Gasteiger partial charge in [-0.1, -0.05) is 23.7 Å². The number of aromatic nitrogens is 1. The number of Topliss-reactive ketones (excluding diaryl/α,β-unsaturated/α-hetero) is 1. The topological polar surface area (TPSA) is 53.8 Å². The number of hydrogen-bond donors (Lipinski definition) is 0. The van der Waals surface area contributed by atoms with E-state index < -0.39 is 5.92 Å². The van der Waals surface area contributed by atoms with E-state index in [2.05, 4.69) is 11.1 Å². The molecule has 3 unspecified atom stereocenters. The van der Waals surface area contributed by atoms with E-state index in [9.17, 15) is 10.1 Å². The smallest absolute Gasteiger partial charge is 0.160 e. The van der Waals surface area contributed by atoms with Gasteiger partial charge in [0.05, 0.1) is 6.07 Å². The van der Waals surface area contributed by atoms with Crippen LogP contribution in [0.4, 0.5) is 0 Å². The zero-order chi connectivity index (χ0) is 15.0. The molecule has 1 fully saturated rings. The van der Waals surface area contributed by atoms with Gasteiger partial charge in [0.2, 0.25) is 0 Å². The van der Waals surface area contributed by atoms with Gasteiger partial charge in [-0.25, -0.2) is 4.98 Å². The van der Waals surface area contributed by atoms with Crippen molar-refractivity contribution >= 4 is 28.7 Å². The van der Waals surface area contributed by atoms with E-state index in [1.54, 1.807) is 0 Å². The molecular weight excluding hydrogens is 304 g/mol. The Balaban J connectivity index is 1.76. The summed E-state index contributed by atoms with van der Waals surface area (Å²) in [6, 6.07) is 9.70. The van der Waals surface area contributed by atoms with Crippen LogP contribution in [-0.2, 0) is 4.79 Å². The summed E-state index contributed by atoms with van der Waals surface area (Å²) in [5.74, 6) is -0.653. The van der Waals surface area contributed by atoms with E-state index >= 15 is 0 Å². The summed E-state index contributed by atoms with van der Waals surface area (Å²) in [6.45, 7) is 1.87. The van der Waals surface area contributed by atoms with Gasteiger partial charge < -0.3 is 0 Å². The average Bonchev–Trinajstić information content (AvgIpc) is 3.16. The summed E-state index contributed by atoms with van der Waals surface area (Å²) in [5, 5.41) is 12.5. The minimum absolute atomic E-state index is 0.0168. The average molecular weight is 317 g/mol. The van der Waals surface area contributed by atoms with Crippen molar-refractivity contribution < 1.29 is 4.79 Å². The maximum absolute atomic E-state index is 12.5. The Hall–Kier alpha value is -1.70. The monoisotopic (exact) mass is 316 g/mol. The van der Waals surface area contributed by atoms with Crippen molar-refractivity contribution in [1.82, 2.24) is 4.98 Å². The minimum atomic E-state index is -0.738. The normalized spacial score (nSPS) is 21.6. The first-order chi connectivity index (χ1) is 10.1. The molecule has 5 heteroatoms.